The molecule has 0 saturated heterocycles. The normalized spacial score (nSPS) is 11.4. The number of benzene rings is 1. The smallest absolute Gasteiger partial charge is 0.222 e. The highest BCUT2D eigenvalue weighted by Crippen LogP contribution is 2.23. The molecule has 1 aromatic carbocycles. The van der Waals surface area contributed by atoms with Crippen LogP contribution in [0.15, 0.2) is 24.3 Å². The standard InChI is InChI=1S/C21H28N4O/c1-5-13-24(14-6-2)20(26)12-11-17-15(3)22-21-18-9-7-8-10-19(18)23-25(21)16(17)4/h7-10H,5-6,11-14H2,1-4H3. The summed E-state index contributed by atoms with van der Waals surface area (Å²) in [6, 6.07) is 8.07. The van der Waals surface area contributed by atoms with E-state index in [0.29, 0.717) is 12.8 Å². The van der Waals surface area contributed by atoms with Crippen LogP contribution in [0.2, 0.25) is 0 Å². The van der Waals surface area contributed by atoms with E-state index in [1.54, 1.807) is 0 Å². The average Bonchev–Trinajstić information content (AvgIpc) is 3.00. The van der Waals surface area contributed by atoms with Crippen LogP contribution in [0.25, 0.3) is 16.6 Å². The molecule has 0 aliphatic carbocycles. The molecule has 5 heteroatoms. The van der Waals surface area contributed by atoms with Crippen LogP contribution in [0.4, 0.5) is 0 Å². The quantitative estimate of drug-likeness (QED) is 0.644. The van der Waals surface area contributed by atoms with Crippen molar-refractivity contribution in [2.24, 2.45) is 0 Å². The Morgan fingerprint density at radius 2 is 1.81 bits per heavy atom. The molecule has 0 unspecified atom stereocenters. The highest BCUT2D eigenvalue weighted by atomic mass is 16.2. The molecule has 0 spiro atoms. The SMILES string of the molecule is CCCN(CCC)C(=O)CCc1c(C)nc2c3ccccc3nn2c1C. The first-order valence-electron chi connectivity index (χ1n) is 9.58. The Hall–Kier alpha value is -2.43. The number of carbonyl (C=O) groups is 1. The van der Waals surface area contributed by atoms with Crippen molar-refractivity contribution >= 4 is 22.5 Å². The fourth-order valence-electron chi connectivity index (χ4n) is 3.63. The Labute approximate surface area is 155 Å². The number of aryl methyl sites for hydroxylation is 2. The first-order valence-corrected chi connectivity index (χ1v) is 9.58. The van der Waals surface area contributed by atoms with Crippen molar-refractivity contribution in [3.05, 3.63) is 41.2 Å². The number of aromatic nitrogens is 3. The second-order valence-electron chi connectivity index (χ2n) is 6.89. The molecule has 0 aliphatic heterocycles. The van der Waals surface area contributed by atoms with E-state index >= 15 is 0 Å². The van der Waals surface area contributed by atoms with Crippen LogP contribution in [0, 0.1) is 13.8 Å². The average molecular weight is 352 g/mol. The van der Waals surface area contributed by atoms with Crippen molar-refractivity contribution < 1.29 is 4.79 Å². The van der Waals surface area contributed by atoms with E-state index in [9.17, 15) is 4.79 Å². The number of hydrogen-bond acceptors (Lipinski definition) is 3. The predicted octanol–water partition coefficient (Wildman–Crippen LogP) is 4.08. The molecule has 2 aromatic heterocycles. The second kappa shape index (κ2) is 7.85. The van der Waals surface area contributed by atoms with Crippen molar-refractivity contribution in [1.82, 2.24) is 19.5 Å². The van der Waals surface area contributed by atoms with Crippen LogP contribution < -0.4 is 0 Å². The summed E-state index contributed by atoms with van der Waals surface area (Å²) in [5.74, 6) is 0.234. The van der Waals surface area contributed by atoms with Crippen LogP contribution in [-0.4, -0.2) is 38.5 Å². The lowest BCUT2D eigenvalue weighted by atomic mass is 10.1. The minimum absolute atomic E-state index is 0.234. The molecule has 0 aliphatic rings. The minimum atomic E-state index is 0.234. The third kappa shape index (κ3) is 3.43. The second-order valence-corrected chi connectivity index (χ2v) is 6.89. The molecule has 0 fully saturated rings. The fraction of sp³-hybridized carbons (Fsp3) is 0.476. The van der Waals surface area contributed by atoms with Gasteiger partial charge in [-0.1, -0.05) is 26.0 Å². The zero-order valence-electron chi connectivity index (χ0n) is 16.2. The van der Waals surface area contributed by atoms with Crippen molar-refractivity contribution in [2.45, 2.75) is 53.4 Å². The predicted molar refractivity (Wildman–Crippen MR) is 105 cm³/mol. The summed E-state index contributed by atoms with van der Waals surface area (Å²) in [6.45, 7) is 10.0. The molecule has 0 radical (unpaired) electrons. The molecule has 3 aromatic rings. The Morgan fingerprint density at radius 1 is 1.12 bits per heavy atom. The van der Waals surface area contributed by atoms with Gasteiger partial charge in [0.25, 0.3) is 0 Å². The van der Waals surface area contributed by atoms with Crippen LogP contribution >= 0.6 is 0 Å². The van der Waals surface area contributed by atoms with Gasteiger partial charge in [0.2, 0.25) is 5.91 Å². The third-order valence-electron chi connectivity index (χ3n) is 4.95. The first kappa shape index (κ1) is 18.4. The number of amides is 1. The van der Waals surface area contributed by atoms with Gasteiger partial charge in [-0.2, -0.15) is 5.10 Å². The van der Waals surface area contributed by atoms with Crippen molar-refractivity contribution in [1.29, 1.82) is 0 Å². The Bertz CT molecular complexity index is 923. The van der Waals surface area contributed by atoms with Gasteiger partial charge in [-0.25, -0.2) is 9.50 Å². The monoisotopic (exact) mass is 352 g/mol. The first-order chi connectivity index (χ1) is 12.6. The fourth-order valence-corrected chi connectivity index (χ4v) is 3.63. The molecule has 0 atom stereocenters. The molecule has 3 rings (SSSR count). The molecular formula is C21H28N4O. The van der Waals surface area contributed by atoms with Crippen molar-refractivity contribution in [3.8, 4) is 0 Å². The zero-order valence-corrected chi connectivity index (χ0v) is 16.2. The topological polar surface area (TPSA) is 50.5 Å². The molecule has 2 heterocycles. The maximum Gasteiger partial charge on any atom is 0.222 e. The molecule has 1 amide bonds. The summed E-state index contributed by atoms with van der Waals surface area (Å²) in [6.07, 6.45) is 3.23. The summed E-state index contributed by atoms with van der Waals surface area (Å²) < 4.78 is 1.92. The highest BCUT2D eigenvalue weighted by Gasteiger charge is 2.17. The van der Waals surface area contributed by atoms with Gasteiger partial charge in [0.05, 0.1) is 5.52 Å². The molecule has 0 N–H and O–H groups in total. The van der Waals surface area contributed by atoms with E-state index in [1.165, 1.54) is 0 Å². The lowest BCUT2D eigenvalue weighted by molar-refractivity contribution is -0.131. The summed E-state index contributed by atoms with van der Waals surface area (Å²) in [5.41, 5.74) is 5.05. The number of nitrogens with zero attached hydrogens (tertiary/aromatic N) is 4. The highest BCUT2D eigenvalue weighted by molar-refractivity contribution is 5.92. The van der Waals surface area contributed by atoms with Crippen molar-refractivity contribution in [2.75, 3.05) is 13.1 Å². The summed E-state index contributed by atoms with van der Waals surface area (Å²) in [5, 5.41) is 5.76. The Balaban J connectivity index is 1.88. The minimum Gasteiger partial charge on any atom is -0.343 e. The van der Waals surface area contributed by atoms with Gasteiger partial charge in [-0.15, -0.1) is 0 Å². The van der Waals surface area contributed by atoms with Gasteiger partial charge in [0.15, 0.2) is 5.65 Å². The zero-order chi connectivity index (χ0) is 18.7. The lowest BCUT2D eigenvalue weighted by Gasteiger charge is -2.22. The van der Waals surface area contributed by atoms with E-state index < -0.39 is 0 Å². The van der Waals surface area contributed by atoms with E-state index in [0.717, 1.165) is 59.4 Å². The molecule has 0 saturated carbocycles. The van der Waals surface area contributed by atoms with Gasteiger partial charge in [0, 0.05) is 36.3 Å². The lowest BCUT2D eigenvalue weighted by Crippen LogP contribution is -2.32. The third-order valence-corrected chi connectivity index (χ3v) is 4.95. The number of hydrogen-bond donors (Lipinski definition) is 0. The molecular weight excluding hydrogens is 324 g/mol. The van der Waals surface area contributed by atoms with E-state index in [4.69, 9.17) is 10.1 Å². The van der Waals surface area contributed by atoms with Gasteiger partial charge in [-0.3, -0.25) is 4.79 Å². The van der Waals surface area contributed by atoms with Gasteiger partial charge in [0.1, 0.15) is 0 Å². The molecule has 0 bridgehead atoms. The Morgan fingerprint density at radius 3 is 2.50 bits per heavy atom. The van der Waals surface area contributed by atoms with Crippen LogP contribution in [0.1, 0.15) is 50.1 Å². The van der Waals surface area contributed by atoms with Gasteiger partial charge in [-0.05, 0) is 50.8 Å². The molecule has 5 nitrogen and oxygen atoms in total. The van der Waals surface area contributed by atoms with Crippen LogP contribution in [0.3, 0.4) is 0 Å². The van der Waals surface area contributed by atoms with Crippen molar-refractivity contribution in [3.63, 3.8) is 0 Å². The summed E-state index contributed by atoms with van der Waals surface area (Å²) in [7, 11) is 0. The number of fused-ring (bicyclic) bond motifs is 3. The van der Waals surface area contributed by atoms with Crippen LogP contribution in [-0.2, 0) is 11.2 Å². The number of carbonyl (C=O) groups excluding carboxylic acids is 1. The summed E-state index contributed by atoms with van der Waals surface area (Å²) >= 11 is 0. The molecule has 26 heavy (non-hydrogen) atoms. The van der Waals surface area contributed by atoms with E-state index in [1.807, 2.05) is 34.5 Å². The largest absolute Gasteiger partial charge is 0.343 e. The van der Waals surface area contributed by atoms with Gasteiger partial charge >= 0.3 is 0 Å². The maximum atomic E-state index is 12.6. The van der Waals surface area contributed by atoms with E-state index in [-0.39, 0.29) is 5.91 Å². The number of rotatable bonds is 7. The molecule has 138 valence electrons. The van der Waals surface area contributed by atoms with Gasteiger partial charge < -0.3 is 4.90 Å². The van der Waals surface area contributed by atoms with Crippen LogP contribution in [0.5, 0.6) is 0 Å². The summed E-state index contributed by atoms with van der Waals surface area (Å²) in [4.78, 5) is 19.4. The van der Waals surface area contributed by atoms with E-state index in [2.05, 4.69) is 26.8 Å². The Kier molecular flexibility index (Phi) is 5.55. The maximum absolute atomic E-state index is 12.6.